The highest BCUT2D eigenvalue weighted by atomic mass is 19.1. The first kappa shape index (κ1) is 20.4. The second-order valence-electron chi connectivity index (χ2n) is 7.02. The molecule has 0 fully saturated rings. The first-order chi connectivity index (χ1) is 12.8. The first-order valence-corrected chi connectivity index (χ1v) is 8.82. The fourth-order valence-corrected chi connectivity index (χ4v) is 2.96. The fraction of sp³-hybridized carbons (Fsp3) is 0.333. The molecule has 2 aromatic rings. The second kappa shape index (κ2) is 9.16. The molecule has 2 aromatic carbocycles. The van der Waals surface area contributed by atoms with Crippen molar-refractivity contribution < 1.29 is 18.7 Å². The van der Waals surface area contributed by atoms with E-state index in [0.717, 1.165) is 11.1 Å². The van der Waals surface area contributed by atoms with Gasteiger partial charge in [0.25, 0.3) is 0 Å². The monoisotopic (exact) mass is 372 g/mol. The zero-order valence-electron chi connectivity index (χ0n) is 15.6. The Labute approximate surface area is 158 Å². The van der Waals surface area contributed by atoms with E-state index in [2.05, 4.69) is 5.32 Å². The molecule has 6 heteroatoms. The van der Waals surface area contributed by atoms with Gasteiger partial charge < -0.3 is 15.8 Å². The third-order valence-corrected chi connectivity index (χ3v) is 4.22. The van der Waals surface area contributed by atoms with E-state index in [-0.39, 0.29) is 11.7 Å². The summed E-state index contributed by atoms with van der Waals surface area (Å²) in [6.45, 7) is 3.86. The van der Waals surface area contributed by atoms with Gasteiger partial charge in [-0.3, -0.25) is 4.79 Å². The molecule has 0 heterocycles. The lowest BCUT2D eigenvalue weighted by Gasteiger charge is -2.28. The Morgan fingerprint density at radius 1 is 1.11 bits per heavy atom. The van der Waals surface area contributed by atoms with Crippen molar-refractivity contribution in [1.82, 2.24) is 5.32 Å². The number of rotatable bonds is 8. The average Bonchev–Trinajstić information content (AvgIpc) is 2.61. The van der Waals surface area contributed by atoms with Gasteiger partial charge in [-0.2, -0.15) is 0 Å². The van der Waals surface area contributed by atoms with Gasteiger partial charge in [-0.1, -0.05) is 42.5 Å². The Kier molecular flexibility index (Phi) is 6.93. The number of carbonyl (C=O) groups is 2. The summed E-state index contributed by atoms with van der Waals surface area (Å²) in [7, 11) is 0. The highest BCUT2D eigenvalue weighted by Crippen LogP contribution is 2.28. The number of benzene rings is 2. The van der Waals surface area contributed by atoms with Crippen LogP contribution in [0.3, 0.4) is 0 Å². The average molecular weight is 372 g/mol. The smallest absolute Gasteiger partial charge is 0.405 e. The van der Waals surface area contributed by atoms with Crippen LogP contribution < -0.4 is 11.1 Å². The van der Waals surface area contributed by atoms with Crippen molar-refractivity contribution in [3.8, 4) is 0 Å². The third kappa shape index (κ3) is 6.73. The molecule has 2 rings (SSSR count). The van der Waals surface area contributed by atoms with E-state index in [1.165, 1.54) is 12.1 Å². The maximum atomic E-state index is 13.0. The van der Waals surface area contributed by atoms with Crippen LogP contribution in [0.1, 0.15) is 37.3 Å². The lowest BCUT2D eigenvalue weighted by molar-refractivity contribution is -0.124. The molecule has 0 aliphatic heterocycles. The predicted molar refractivity (Wildman–Crippen MR) is 102 cm³/mol. The molecule has 0 aliphatic rings. The van der Waals surface area contributed by atoms with Gasteiger partial charge in [0.1, 0.15) is 11.4 Å². The number of carbonyl (C=O) groups excluding carboxylic acids is 2. The van der Waals surface area contributed by atoms with Crippen LogP contribution in [0.15, 0.2) is 54.6 Å². The van der Waals surface area contributed by atoms with Crippen LogP contribution in [0, 0.1) is 5.82 Å². The minimum Gasteiger partial charge on any atom is -0.444 e. The van der Waals surface area contributed by atoms with E-state index in [4.69, 9.17) is 10.5 Å². The molecule has 5 nitrogen and oxygen atoms in total. The van der Waals surface area contributed by atoms with E-state index in [1.54, 1.807) is 26.0 Å². The van der Waals surface area contributed by atoms with Crippen molar-refractivity contribution in [2.45, 2.75) is 38.2 Å². The Morgan fingerprint density at radius 2 is 1.74 bits per heavy atom. The minimum atomic E-state index is -0.888. The standard InChI is InChI=1S/C21H25FN2O3/c1-21(2,27-20(23)26)14-18(16-6-4-3-5-7-16)19(25)24-13-12-15-8-10-17(22)11-9-15/h3-11,18H,12-14H2,1-2H3,(H2,23,26)(H,24,25). The number of ether oxygens (including phenoxy) is 1. The highest BCUT2D eigenvalue weighted by molar-refractivity contribution is 5.83. The Bertz CT molecular complexity index is 761. The molecule has 3 N–H and O–H groups in total. The SMILES string of the molecule is CC(C)(CC(C(=O)NCCc1ccc(F)cc1)c1ccccc1)OC(N)=O. The molecule has 0 aliphatic carbocycles. The molecule has 0 saturated carbocycles. The maximum absolute atomic E-state index is 13.0. The summed E-state index contributed by atoms with van der Waals surface area (Å²) in [6.07, 6.45) is 0.0142. The number of halogens is 1. The van der Waals surface area contributed by atoms with Gasteiger partial charge in [-0.05, 0) is 43.5 Å². The van der Waals surface area contributed by atoms with Gasteiger partial charge in [-0.15, -0.1) is 0 Å². The van der Waals surface area contributed by atoms with Crippen molar-refractivity contribution in [3.05, 3.63) is 71.5 Å². The largest absolute Gasteiger partial charge is 0.444 e. The first-order valence-electron chi connectivity index (χ1n) is 8.82. The van der Waals surface area contributed by atoms with Gasteiger partial charge in [-0.25, -0.2) is 9.18 Å². The van der Waals surface area contributed by atoms with Crippen molar-refractivity contribution in [1.29, 1.82) is 0 Å². The normalized spacial score (nSPS) is 12.3. The maximum Gasteiger partial charge on any atom is 0.405 e. The molecule has 1 atom stereocenters. The zero-order chi connectivity index (χ0) is 19.9. The third-order valence-electron chi connectivity index (χ3n) is 4.22. The van der Waals surface area contributed by atoms with Gasteiger partial charge in [0.15, 0.2) is 0 Å². The Morgan fingerprint density at radius 3 is 2.33 bits per heavy atom. The summed E-state index contributed by atoms with van der Waals surface area (Å²) < 4.78 is 18.1. The quantitative estimate of drug-likeness (QED) is 0.744. The summed E-state index contributed by atoms with van der Waals surface area (Å²) in [4.78, 5) is 23.9. The summed E-state index contributed by atoms with van der Waals surface area (Å²) in [5.74, 6) is -0.943. The number of primary amides is 1. The number of hydrogen-bond donors (Lipinski definition) is 2. The van der Waals surface area contributed by atoms with Crippen molar-refractivity contribution in [2.75, 3.05) is 6.54 Å². The van der Waals surface area contributed by atoms with E-state index < -0.39 is 17.6 Å². The van der Waals surface area contributed by atoms with E-state index in [1.807, 2.05) is 30.3 Å². The molecular formula is C21H25FN2O3. The predicted octanol–water partition coefficient (Wildman–Crippen LogP) is 3.53. The van der Waals surface area contributed by atoms with Crippen LogP contribution in [0.5, 0.6) is 0 Å². The number of hydrogen-bond acceptors (Lipinski definition) is 3. The molecule has 0 spiro atoms. The zero-order valence-corrected chi connectivity index (χ0v) is 15.6. The number of nitrogens with two attached hydrogens (primary N) is 1. The highest BCUT2D eigenvalue weighted by Gasteiger charge is 2.31. The molecule has 27 heavy (non-hydrogen) atoms. The fourth-order valence-electron chi connectivity index (χ4n) is 2.96. The van der Waals surface area contributed by atoms with E-state index in [0.29, 0.717) is 19.4 Å². The van der Waals surface area contributed by atoms with Gasteiger partial charge >= 0.3 is 6.09 Å². The van der Waals surface area contributed by atoms with Crippen LogP contribution >= 0.6 is 0 Å². The number of amides is 2. The Hall–Kier alpha value is -2.89. The van der Waals surface area contributed by atoms with Gasteiger partial charge in [0.05, 0.1) is 5.92 Å². The molecule has 2 amide bonds. The topological polar surface area (TPSA) is 81.4 Å². The van der Waals surface area contributed by atoms with Crippen LogP contribution in [0.25, 0.3) is 0 Å². The van der Waals surface area contributed by atoms with Crippen LogP contribution in [0.2, 0.25) is 0 Å². The molecule has 0 radical (unpaired) electrons. The van der Waals surface area contributed by atoms with E-state index >= 15 is 0 Å². The summed E-state index contributed by atoms with van der Waals surface area (Å²) in [5, 5.41) is 2.92. The molecule has 0 saturated heterocycles. The summed E-state index contributed by atoms with van der Waals surface area (Å²) >= 11 is 0. The Balaban J connectivity index is 2.04. The van der Waals surface area contributed by atoms with Crippen molar-refractivity contribution in [2.24, 2.45) is 5.73 Å². The second-order valence-corrected chi connectivity index (χ2v) is 7.02. The molecule has 0 bridgehead atoms. The molecule has 144 valence electrons. The van der Waals surface area contributed by atoms with Crippen molar-refractivity contribution in [3.63, 3.8) is 0 Å². The van der Waals surface area contributed by atoms with Crippen LogP contribution in [0.4, 0.5) is 9.18 Å². The van der Waals surface area contributed by atoms with E-state index in [9.17, 15) is 14.0 Å². The molecule has 0 aromatic heterocycles. The van der Waals surface area contributed by atoms with Crippen LogP contribution in [-0.4, -0.2) is 24.1 Å². The van der Waals surface area contributed by atoms with Crippen LogP contribution in [-0.2, 0) is 16.0 Å². The van der Waals surface area contributed by atoms with Gasteiger partial charge in [0, 0.05) is 13.0 Å². The number of nitrogens with one attached hydrogen (secondary N) is 1. The summed E-state index contributed by atoms with van der Waals surface area (Å²) in [6, 6.07) is 15.5. The molecule has 1 unspecified atom stereocenters. The lowest BCUT2D eigenvalue weighted by Crippen LogP contribution is -2.38. The molecular weight excluding hydrogens is 347 g/mol. The lowest BCUT2D eigenvalue weighted by atomic mass is 9.87. The van der Waals surface area contributed by atoms with Gasteiger partial charge in [0.2, 0.25) is 5.91 Å². The summed E-state index contributed by atoms with van der Waals surface area (Å²) in [5.41, 5.74) is 6.01. The minimum absolute atomic E-state index is 0.163. The van der Waals surface area contributed by atoms with Crippen molar-refractivity contribution >= 4 is 12.0 Å².